The molecule has 0 fully saturated rings. The lowest BCUT2D eigenvalue weighted by atomic mass is 9.94. The van der Waals surface area contributed by atoms with E-state index in [0.29, 0.717) is 28.5 Å². The van der Waals surface area contributed by atoms with Gasteiger partial charge in [-0.2, -0.15) is 4.98 Å². The second-order valence-electron chi connectivity index (χ2n) is 6.61. The zero-order chi connectivity index (χ0) is 20.5. The molecular formula is C21H18ClFN4O2. The monoisotopic (exact) mass is 412 g/mol. The number of nitrogens with one attached hydrogen (secondary N) is 1. The van der Waals surface area contributed by atoms with Gasteiger partial charge in [0, 0.05) is 22.8 Å². The first kappa shape index (κ1) is 19.1. The number of aromatic nitrogens is 2. The fraction of sp³-hybridized carbons (Fsp3) is 0.190. The summed E-state index contributed by atoms with van der Waals surface area (Å²) in [6.07, 6.45) is 0. The number of carbonyl (C=O) groups is 1. The molecular weight excluding hydrogens is 395 g/mol. The van der Waals surface area contributed by atoms with Crippen LogP contribution in [0.2, 0.25) is 5.02 Å². The predicted molar refractivity (Wildman–Crippen MR) is 107 cm³/mol. The maximum Gasteiger partial charge on any atom is 0.322 e. The lowest BCUT2D eigenvalue weighted by molar-refractivity contribution is 0.207. The van der Waals surface area contributed by atoms with E-state index < -0.39 is 6.04 Å². The van der Waals surface area contributed by atoms with Crippen LogP contribution in [-0.4, -0.2) is 27.6 Å². The Bertz CT molecular complexity index is 1090. The van der Waals surface area contributed by atoms with E-state index in [2.05, 4.69) is 15.5 Å². The molecule has 0 radical (unpaired) electrons. The molecule has 2 aromatic carbocycles. The molecule has 4 rings (SSSR count). The topological polar surface area (TPSA) is 71.3 Å². The van der Waals surface area contributed by atoms with Crippen molar-refractivity contribution in [3.05, 3.63) is 76.5 Å². The Balaban J connectivity index is 1.81. The summed E-state index contributed by atoms with van der Waals surface area (Å²) in [5, 5.41) is 7.59. The number of amides is 2. The molecule has 1 aliphatic rings. The molecule has 0 saturated carbocycles. The molecule has 148 valence electrons. The number of hydrogen-bond acceptors (Lipinski definition) is 4. The Labute approximate surface area is 172 Å². The number of rotatable bonds is 4. The summed E-state index contributed by atoms with van der Waals surface area (Å²) in [6.45, 7) is 4.22. The third-order valence-corrected chi connectivity index (χ3v) is 5.09. The van der Waals surface area contributed by atoms with Gasteiger partial charge in [-0.05, 0) is 55.8 Å². The van der Waals surface area contributed by atoms with Crippen LogP contribution in [-0.2, 0) is 0 Å². The summed E-state index contributed by atoms with van der Waals surface area (Å²) in [4.78, 5) is 18.7. The SMILES string of the molecule is CCN1C(=O)NC(c2cccc(Cl)c2)C(c2nc(-c3ccc(F)cc3)no2)=C1C. The number of carbonyl (C=O) groups excluding carboxylic acids is 1. The molecule has 2 amide bonds. The van der Waals surface area contributed by atoms with Crippen molar-refractivity contribution in [2.75, 3.05) is 6.54 Å². The molecule has 2 heterocycles. The highest BCUT2D eigenvalue weighted by Gasteiger charge is 2.35. The summed E-state index contributed by atoms with van der Waals surface area (Å²) < 4.78 is 18.8. The van der Waals surface area contributed by atoms with Crippen molar-refractivity contribution in [2.24, 2.45) is 0 Å². The summed E-state index contributed by atoms with van der Waals surface area (Å²) in [5.41, 5.74) is 2.84. The molecule has 6 nitrogen and oxygen atoms in total. The minimum atomic E-state index is -0.495. The van der Waals surface area contributed by atoms with E-state index in [1.54, 1.807) is 29.2 Å². The average Bonchev–Trinajstić information content (AvgIpc) is 3.18. The molecule has 1 aromatic heterocycles. The Morgan fingerprint density at radius 2 is 2.00 bits per heavy atom. The fourth-order valence-corrected chi connectivity index (χ4v) is 3.62. The van der Waals surface area contributed by atoms with Crippen LogP contribution in [0.4, 0.5) is 9.18 Å². The zero-order valence-electron chi connectivity index (χ0n) is 15.8. The molecule has 1 N–H and O–H groups in total. The number of benzene rings is 2. The number of urea groups is 1. The quantitative estimate of drug-likeness (QED) is 0.651. The van der Waals surface area contributed by atoms with Gasteiger partial charge in [0.25, 0.3) is 5.89 Å². The van der Waals surface area contributed by atoms with E-state index in [4.69, 9.17) is 16.1 Å². The summed E-state index contributed by atoms with van der Waals surface area (Å²) in [7, 11) is 0. The van der Waals surface area contributed by atoms with Gasteiger partial charge in [-0.1, -0.05) is 28.9 Å². The van der Waals surface area contributed by atoms with Crippen LogP contribution in [0.25, 0.3) is 17.0 Å². The molecule has 0 bridgehead atoms. The Morgan fingerprint density at radius 1 is 1.24 bits per heavy atom. The average molecular weight is 413 g/mol. The second-order valence-corrected chi connectivity index (χ2v) is 7.05. The van der Waals surface area contributed by atoms with Crippen LogP contribution in [0.1, 0.15) is 31.3 Å². The van der Waals surface area contributed by atoms with Crippen LogP contribution >= 0.6 is 11.6 Å². The lowest BCUT2D eigenvalue weighted by Gasteiger charge is -2.34. The lowest BCUT2D eigenvalue weighted by Crippen LogP contribution is -2.45. The number of hydrogen-bond donors (Lipinski definition) is 1. The minimum absolute atomic E-state index is 0.211. The molecule has 1 atom stereocenters. The van der Waals surface area contributed by atoms with E-state index >= 15 is 0 Å². The largest absolute Gasteiger partial charge is 0.334 e. The van der Waals surface area contributed by atoms with Crippen molar-refractivity contribution < 1.29 is 13.7 Å². The highest BCUT2D eigenvalue weighted by molar-refractivity contribution is 6.30. The van der Waals surface area contributed by atoms with Crippen LogP contribution in [0.3, 0.4) is 0 Å². The maximum atomic E-state index is 13.2. The predicted octanol–water partition coefficient (Wildman–Crippen LogP) is 5.05. The van der Waals surface area contributed by atoms with Crippen molar-refractivity contribution in [1.29, 1.82) is 0 Å². The van der Waals surface area contributed by atoms with Gasteiger partial charge in [0.15, 0.2) is 0 Å². The van der Waals surface area contributed by atoms with Gasteiger partial charge in [0.2, 0.25) is 5.82 Å². The Kier molecular flexibility index (Phi) is 5.07. The molecule has 8 heteroatoms. The normalized spacial score (nSPS) is 16.9. The Hall–Kier alpha value is -3.19. The molecule has 1 unspecified atom stereocenters. The molecule has 3 aromatic rings. The third-order valence-electron chi connectivity index (χ3n) is 4.85. The highest BCUT2D eigenvalue weighted by Crippen LogP contribution is 2.37. The van der Waals surface area contributed by atoms with Crippen molar-refractivity contribution in [3.8, 4) is 11.4 Å². The summed E-state index contributed by atoms with van der Waals surface area (Å²) in [6, 6.07) is 12.4. The van der Waals surface area contributed by atoms with Gasteiger partial charge in [-0.25, -0.2) is 9.18 Å². The second kappa shape index (κ2) is 7.67. The van der Waals surface area contributed by atoms with Gasteiger partial charge >= 0.3 is 6.03 Å². The van der Waals surface area contributed by atoms with E-state index in [0.717, 1.165) is 11.3 Å². The number of halogens is 2. The third kappa shape index (κ3) is 3.61. The van der Waals surface area contributed by atoms with Crippen LogP contribution in [0, 0.1) is 5.82 Å². The van der Waals surface area contributed by atoms with Crippen molar-refractivity contribution in [1.82, 2.24) is 20.4 Å². The van der Waals surface area contributed by atoms with Crippen LogP contribution < -0.4 is 5.32 Å². The minimum Gasteiger partial charge on any atom is -0.334 e. The maximum absolute atomic E-state index is 13.2. The van der Waals surface area contributed by atoms with E-state index in [9.17, 15) is 9.18 Å². The van der Waals surface area contributed by atoms with Crippen LogP contribution in [0.15, 0.2) is 58.8 Å². The summed E-state index contributed by atoms with van der Waals surface area (Å²) in [5.74, 6) is 0.279. The van der Waals surface area contributed by atoms with Crippen molar-refractivity contribution in [3.63, 3.8) is 0 Å². The van der Waals surface area contributed by atoms with Gasteiger partial charge in [-0.15, -0.1) is 0 Å². The molecule has 1 aliphatic heterocycles. The first-order valence-corrected chi connectivity index (χ1v) is 9.50. The highest BCUT2D eigenvalue weighted by atomic mass is 35.5. The fourth-order valence-electron chi connectivity index (χ4n) is 3.42. The smallest absolute Gasteiger partial charge is 0.322 e. The van der Waals surface area contributed by atoms with Gasteiger partial charge in [-0.3, -0.25) is 4.90 Å². The van der Waals surface area contributed by atoms with Gasteiger partial charge < -0.3 is 9.84 Å². The van der Waals surface area contributed by atoms with Gasteiger partial charge in [0.05, 0.1) is 11.6 Å². The zero-order valence-corrected chi connectivity index (χ0v) is 16.6. The molecule has 29 heavy (non-hydrogen) atoms. The van der Waals surface area contributed by atoms with E-state index in [1.165, 1.54) is 12.1 Å². The first-order chi connectivity index (χ1) is 14.0. The molecule has 0 spiro atoms. The Morgan fingerprint density at radius 3 is 2.69 bits per heavy atom. The van der Waals surface area contributed by atoms with E-state index in [-0.39, 0.29) is 17.7 Å². The number of allylic oxidation sites excluding steroid dienone is 1. The van der Waals surface area contributed by atoms with E-state index in [1.807, 2.05) is 26.0 Å². The van der Waals surface area contributed by atoms with Crippen molar-refractivity contribution >= 4 is 23.2 Å². The molecule has 0 saturated heterocycles. The van der Waals surface area contributed by atoms with Crippen molar-refractivity contribution in [2.45, 2.75) is 19.9 Å². The molecule has 0 aliphatic carbocycles. The first-order valence-electron chi connectivity index (χ1n) is 9.12. The standard InChI is InChI=1S/C21H18ClFN4O2/c1-3-27-12(2)17(18(24-21(27)28)14-5-4-6-15(22)11-14)20-25-19(26-29-20)13-7-9-16(23)10-8-13/h4-11,18H,3H2,1-2H3,(H,24,28). The van der Waals surface area contributed by atoms with Crippen LogP contribution in [0.5, 0.6) is 0 Å². The van der Waals surface area contributed by atoms with Gasteiger partial charge in [0.1, 0.15) is 5.82 Å². The summed E-state index contributed by atoms with van der Waals surface area (Å²) >= 11 is 6.16. The number of nitrogens with zero attached hydrogens (tertiary/aromatic N) is 3.